The van der Waals surface area contributed by atoms with Crippen LogP contribution in [0.3, 0.4) is 0 Å². The summed E-state index contributed by atoms with van der Waals surface area (Å²) in [7, 11) is -3.73. The molecule has 1 amide bonds. The minimum atomic E-state index is -3.73. The van der Waals surface area contributed by atoms with Crippen molar-refractivity contribution < 1.29 is 17.6 Å². The molecule has 30 heavy (non-hydrogen) atoms. The molecule has 6 nitrogen and oxygen atoms in total. The van der Waals surface area contributed by atoms with E-state index in [1.165, 1.54) is 29.3 Å². The molecule has 0 saturated carbocycles. The Morgan fingerprint density at radius 3 is 2.47 bits per heavy atom. The fourth-order valence-corrected chi connectivity index (χ4v) is 5.67. The van der Waals surface area contributed by atoms with Crippen molar-refractivity contribution in [2.75, 3.05) is 31.1 Å². The highest BCUT2D eigenvalue weighted by Gasteiger charge is 2.35. The van der Waals surface area contributed by atoms with Crippen LogP contribution in [0.1, 0.15) is 24.8 Å². The number of carbonyl (C=O) groups excluding carboxylic acids is 1. The maximum Gasteiger partial charge on any atom is 0.243 e. The number of rotatable bonds is 6. The first-order valence-electron chi connectivity index (χ1n) is 10.3. The van der Waals surface area contributed by atoms with Crippen molar-refractivity contribution in [3.05, 3.63) is 59.9 Å². The van der Waals surface area contributed by atoms with E-state index in [1.807, 2.05) is 18.2 Å². The molecule has 0 aromatic heterocycles. The van der Waals surface area contributed by atoms with Crippen molar-refractivity contribution in [1.29, 1.82) is 0 Å². The van der Waals surface area contributed by atoms with Gasteiger partial charge in [0, 0.05) is 38.4 Å². The molecular weight excluding hydrogens is 405 g/mol. The summed E-state index contributed by atoms with van der Waals surface area (Å²) in [4.78, 5) is 15.1. The summed E-state index contributed by atoms with van der Waals surface area (Å²) in [5.41, 5.74) is 2.23. The highest BCUT2D eigenvalue weighted by atomic mass is 32.2. The van der Waals surface area contributed by atoms with Gasteiger partial charge >= 0.3 is 0 Å². The number of para-hydroxylation sites is 1. The first-order chi connectivity index (χ1) is 14.4. The van der Waals surface area contributed by atoms with E-state index in [0.717, 1.165) is 36.5 Å². The Morgan fingerprint density at radius 2 is 1.73 bits per heavy atom. The summed E-state index contributed by atoms with van der Waals surface area (Å²) < 4.78 is 39.9. The van der Waals surface area contributed by atoms with Crippen molar-refractivity contribution in [3.63, 3.8) is 0 Å². The second kappa shape index (κ2) is 8.73. The van der Waals surface area contributed by atoms with Crippen LogP contribution in [0.2, 0.25) is 0 Å². The number of nitrogens with zero attached hydrogens (tertiary/aromatic N) is 2. The van der Waals surface area contributed by atoms with Crippen LogP contribution >= 0.6 is 0 Å². The van der Waals surface area contributed by atoms with Crippen LogP contribution < -0.4 is 10.2 Å². The van der Waals surface area contributed by atoms with Crippen LogP contribution in [0.4, 0.5) is 10.1 Å². The number of benzene rings is 2. The van der Waals surface area contributed by atoms with Crippen LogP contribution in [0, 0.1) is 11.7 Å². The highest BCUT2D eigenvalue weighted by Crippen LogP contribution is 2.26. The van der Waals surface area contributed by atoms with Gasteiger partial charge in [-0.1, -0.05) is 18.2 Å². The zero-order valence-electron chi connectivity index (χ0n) is 16.8. The van der Waals surface area contributed by atoms with Gasteiger partial charge in [0.25, 0.3) is 0 Å². The third-order valence-electron chi connectivity index (χ3n) is 5.86. The maximum atomic E-state index is 13.1. The Bertz CT molecular complexity index is 1000. The van der Waals surface area contributed by atoms with Crippen LogP contribution in [0.5, 0.6) is 0 Å². The third-order valence-corrected chi connectivity index (χ3v) is 7.74. The topological polar surface area (TPSA) is 69.7 Å². The lowest BCUT2D eigenvalue weighted by atomic mass is 10.1. The number of carbonyl (C=O) groups is 1. The van der Waals surface area contributed by atoms with Gasteiger partial charge in [0.2, 0.25) is 15.9 Å². The Morgan fingerprint density at radius 1 is 1.03 bits per heavy atom. The molecule has 2 aliphatic heterocycles. The standard InChI is InChI=1S/C22H26FN3O3S/c23-19-7-9-20(10-8-19)30(28,29)26-14-11-18(16-26)22(27)24-15-17-5-1-2-6-21(17)25-12-3-4-13-25/h1-2,5-10,18H,3-4,11-16H2,(H,24,27). The molecule has 0 radical (unpaired) electrons. The number of amides is 1. The molecule has 2 heterocycles. The molecular formula is C22H26FN3O3S. The van der Waals surface area contributed by atoms with Crippen molar-refractivity contribution in [2.45, 2.75) is 30.7 Å². The van der Waals surface area contributed by atoms with E-state index in [9.17, 15) is 17.6 Å². The van der Waals surface area contributed by atoms with Gasteiger partial charge in [0.05, 0.1) is 10.8 Å². The van der Waals surface area contributed by atoms with Crippen LogP contribution in [0.25, 0.3) is 0 Å². The smallest absolute Gasteiger partial charge is 0.243 e. The molecule has 1 N–H and O–H groups in total. The molecule has 2 aliphatic rings. The van der Waals surface area contributed by atoms with Gasteiger partial charge in [0.15, 0.2) is 0 Å². The van der Waals surface area contributed by atoms with Crippen molar-refractivity contribution in [2.24, 2.45) is 5.92 Å². The molecule has 0 spiro atoms. The number of halogens is 1. The molecule has 4 rings (SSSR count). The van der Waals surface area contributed by atoms with Crippen molar-refractivity contribution in [1.82, 2.24) is 9.62 Å². The van der Waals surface area contributed by atoms with Crippen LogP contribution in [0.15, 0.2) is 53.4 Å². The van der Waals surface area contributed by atoms with Crippen molar-refractivity contribution in [3.8, 4) is 0 Å². The Labute approximate surface area is 176 Å². The molecule has 2 aromatic rings. The minimum absolute atomic E-state index is 0.0458. The van der Waals surface area contributed by atoms with Gasteiger partial charge in [-0.2, -0.15) is 4.31 Å². The quantitative estimate of drug-likeness (QED) is 0.764. The zero-order valence-corrected chi connectivity index (χ0v) is 17.6. The molecule has 1 atom stereocenters. The monoisotopic (exact) mass is 431 g/mol. The van der Waals surface area contributed by atoms with Crippen LogP contribution in [-0.4, -0.2) is 44.8 Å². The minimum Gasteiger partial charge on any atom is -0.371 e. The molecule has 1 unspecified atom stereocenters. The largest absolute Gasteiger partial charge is 0.371 e. The summed E-state index contributed by atoms with van der Waals surface area (Å²) >= 11 is 0. The predicted octanol–water partition coefficient (Wildman–Crippen LogP) is 2.75. The highest BCUT2D eigenvalue weighted by molar-refractivity contribution is 7.89. The summed E-state index contributed by atoms with van der Waals surface area (Å²) in [6, 6.07) is 12.9. The maximum absolute atomic E-state index is 13.1. The molecule has 2 fully saturated rings. The van der Waals surface area contributed by atoms with E-state index in [1.54, 1.807) is 0 Å². The normalized spacial score (nSPS) is 19.9. The molecule has 160 valence electrons. The number of hydrogen-bond donors (Lipinski definition) is 1. The van der Waals surface area contributed by atoms with Crippen molar-refractivity contribution >= 4 is 21.6 Å². The number of hydrogen-bond acceptors (Lipinski definition) is 4. The van der Waals surface area contributed by atoms with Gasteiger partial charge in [-0.15, -0.1) is 0 Å². The first-order valence-corrected chi connectivity index (χ1v) is 11.8. The van der Waals surface area contributed by atoms with E-state index in [2.05, 4.69) is 16.3 Å². The van der Waals surface area contributed by atoms with E-state index in [0.29, 0.717) is 13.0 Å². The SMILES string of the molecule is O=C(NCc1ccccc1N1CCCC1)C1CCN(S(=O)(=O)c2ccc(F)cc2)C1. The fraction of sp³-hybridized carbons (Fsp3) is 0.409. The lowest BCUT2D eigenvalue weighted by Gasteiger charge is -2.22. The van der Waals surface area contributed by atoms with Gasteiger partial charge in [0.1, 0.15) is 5.82 Å². The molecule has 0 bridgehead atoms. The molecule has 0 aliphatic carbocycles. The predicted molar refractivity (Wildman–Crippen MR) is 113 cm³/mol. The Kier molecular flexibility index (Phi) is 6.06. The average molecular weight is 432 g/mol. The Balaban J connectivity index is 1.37. The third kappa shape index (κ3) is 4.34. The number of nitrogens with one attached hydrogen (secondary N) is 1. The zero-order chi connectivity index (χ0) is 21.1. The molecule has 2 saturated heterocycles. The number of sulfonamides is 1. The summed E-state index contributed by atoms with van der Waals surface area (Å²) in [5, 5.41) is 2.99. The number of anilines is 1. The first kappa shape index (κ1) is 20.8. The Hall–Kier alpha value is -2.45. The summed E-state index contributed by atoms with van der Waals surface area (Å²) in [6.45, 7) is 2.90. The van der Waals surface area contributed by atoms with Crippen LogP contribution in [-0.2, 0) is 21.4 Å². The van der Waals surface area contributed by atoms with E-state index in [4.69, 9.17) is 0 Å². The molecule has 2 aromatic carbocycles. The van der Waals surface area contributed by atoms with Gasteiger partial charge in [-0.3, -0.25) is 4.79 Å². The summed E-state index contributed by atoms with van der Waals surface area (Å²) in [5.74, 6) is -1.01. The fourth-order valence-electron chi connectivity index (χ4n) is 4.17. The van der Waals surface area contributed by atoms with Gasteiger partial charge in [-0.05, 0) is 55.2 Å². The summed E-state index contributed by atoms with van der Waals surface area (Å²) in [6.07, 6.45) is 2.84. The average Bonchev–Trinajstić information content (AvgIpc) is 3.45. The molecule has 8 heteroatoms. The van der Waals surface area contributed by atoms with Gasteiger partial charge in [-0.25, -0.2) is 12.8 Å². The van der Waals surface area contributed by atoms with Gasteiger partial charge < -0.3 is 10.2 Å². The van der Waals surface area contributed by atoms with E-state index in [-0.39, 0.29) is 29.8 Å². The lowest BCUT2D eigenvalue weighted by Crippen LogP contribution is -2.34. The lowest BCUT2D eigenvalue weighted by molar-refractivity contribution is -0.124. The second-order valence-electron chi connectivity index (χ2n) is 7.84. The van der Waals surface area contributed by atoms with E-state index >= 15 is 0 Å². The second-order valence-corrected chi connectivity index (χ2v) is 9.78. The van der Waals surface area contributed by atoms with E-state index < -0.39 is 15.8 Å².